The summed E-state index contributed by atoms with van der Waals surface area (Å²) in [6.45, 7) is 1.99. The highest BCUT2D eigenvalue weighted by Crippen LogP contribution is 2.35. The van der Waals surface area contributed by atoms with Crippen LogP contribution < -0.4 is 14.6 Å². The molecular formula is C20H20N4O4S. The normalized spacial score (nSPS) is 13.0. The molecule has 0 saturated carbocycles. The van der Waals surface area contributed by atoms with Gasteiger partial charge in [0.25, 0.3) is 0 Å². The average molecular weight is 412 g/mol. The lowest BCUT2D eigenvalue weighted by atomic mass is 10.1. The van der Waals surface area contributed by atoms with E-state index in [0.717, 1.165) is 27.4 Å². The summed E-state index contributed by atoms with van der Waals surface area (Å²) in [5.74, 6) is 1.21. The van der Waals surface area contributed by atoms with Crippen LogP contribution in [-0.4, -0.2) is 37.4 Å². The second kappa shape index (κ2) is 7.02. The maximum atomic E-state index is 11.5. The van der Waals surface area contributed by atoms with Gasteiger partial charge in [0.15, 0.2) is 11.5 Å². The third-order valence-electron chi connectivity index (χ3n) is 4.98. The molecule has 0 fully saturated rings. The van der Waals surface area contributed by atoms with Crippen LogP contribution in [0.15, 0.2) is 53.7 Å². The molecule has 0 radical (unpaired) electrons. The van der Waals surface area contributed by atoms with Crippen LogP contribution in [0.1, 0.15) is 18.5 Å². The Kier molecular flexibility index (Phi) is 4.64. The molecule has 0 aliphatic heterocycles. The van der Waals surface area contributed by atoms with Gasteiger partial charge in [0, 0.05) is 23.0 Å². The van der Waals surface area contributed by atoms with Crippen molar-refractivity contribution in [3.8, 4) is 11.5 Å². The lowest BCUT2D eigenvalue weighted by Crippen LogP contribution is -2.13. The molecule has 1 atom stereocenters. The van der Waals surface area contributed by atoms with Crippen molar-refractivity contribution in [2.75, 3.05) is 14.2 Å². The molecule has 2 heterocycles. The van der Waals surface area contributed by atoms with Crippen molar-refractivity contribution in [1.29, 1.82) is 0 Å². The Morgan fingerprint density at radius 3 is 2.31 bits per heavy atom. The van der Waals surface area contributed by atoms with Crippen molar-refractivity contribution in [1.82, 2.24) is 14.8 Å². The number of ether oxygens (including phenoxy) is 2. The van der Waals surface area contributed by atoms with Gasteiger partial charge in [0.1, 0.15) is 0 Å². The minimum Gasteiger partial charge on any atom is -0.493 e. The zero-order chi connectivity index (χ0) is 20.8. The van der Waals surface area contributed by atoms with Gasteiger partial charge in [0.05, 0.1) is 42.4 Å². The number of hydrogen-bond acceptors (Lipinski definition) is 6. The topological polar surface area (TPSA) is 109 Å². The maximum absolute atomic E-state index is 11.5. The van der Waals surface area contributed by atoms with Gasteiger partial charge in [-0.15, -0.1) is 0 Å². The number of nitrogens with zero attached hydrogens (tertiary/aromatic N) is 3. The van der Waals surface area contributed by atoms with Crippen LogP contribution in [0.25, 0.3) is 21.8 Å². The van der Waals surface area contributed by atoms with Crippen LogP contribution >= 0.6 is 0 Å². The van der Waals surface area contributed by atoms with E-state index in [9.17, 15) is 8.42 Å². The Morgan fingerprint density at radius 2 is 1.69 bits per heavy atom. The van der Waals surface area contributed by atoms with Gasteiger partial charge in [-0.25, -0.2) is 13.6 Å². The Morgan fingerprint density at radius 1 is 1.03 bits per heavy atom. The van der Waals surface area contributed by atoms with Crippen LogP contribution in [0.5, 0.6) is 11.5 Å². The van der Waals surface area contributed by atoms with Crippen molar-refractivity contribution in [2.45, 2.75) is 17.9 Å². The highest BCUT2D eigenvalue weighted by molar-refractivity contribution is 7.89. The maximum Gasteiger partial charge on any atom is 0.238 e. The molecule has 0 aliphatic carbocycles. The third kappa shape index (κ3) is 3.28. The first kappa shape index (κ1) is 19.2. The number of rotatable bonds is 5. The zero-order valence-electron chi connectivity index (χ0n) is 16.2. The number of primary sulfonamides is 1. The van der Waals surface area contributed by atoms with Crippen LogP contribution in [0.2, 0.25) is 0 Å². The van der Waals surface area contributed by atoms with Gasteiger partial charge in [-0.2, -0.15) is 5.10 Å². The highest BCUT2D eigenvalue weighted by atomic mass is 32.2. The van der Waals surface area contributed by atoms with E-state index < -0.39 is 10.0 Å². The Balaban J connectivity index is 1.88. The predicted octanol–water partition coefficient (Wildman–Crippen LogP) is 2.86. The fourth-order valence-electron chi connectivity index (χ4n) is 3.42. The van der Waals surface area contributed by atoms with Crippen LogP contribution in [0.4, 0.5) is 0 Å². The number of fused-ring (bicyclic) bond motifs is 3. The first-order valence-corrected chi connectivity index (χ1v) is 10.4. The molecule has 8 nitrogen and oxygen atoms in total. The summed E-state index contributed by atoms with van der Waals surface area (Å²) in [4.78, 5) is 4.58. The van der Waals surface area contributed by atoms with Crippen molar-refractivity contribution >= 4 is 31.8 Å². The minimum absolute atomic E-state index is 0.0743. The van der Waals surface area contributed by atoms with E-state index in [4.69, 9.17) is 14.6 Å². The third-order valence-corrected chi connectivity index (χ3v) is 5.91. The SMILES string of the molecule is COc1cc2ncc3cnn([C@H](C)c4ccc(S(N)(=O)=O)cc4)c3c2cc1OC. The largest absolute Gasteiger partial charge is 0.493 e. The number of sulfonamides is 1. The van der Waals surface area contributed by atoms with Gasteiger partial charge in [-0.1, -0.05) is 12.1 Å². The smallest absolute Gasteiger partial charge is 0.238 e. The zero-order valence-corrected chi connectivity index (χ0v) is 17.0. The average Bonchev–Trinajstić information content (AvgIpc) is 3.16. The second-order valence-corrected chi connectivity index (χ2v) is 8.23. The summed E-state index contributed by atoms with van der Waals surface area (Å²) in [5.41, 5.74) is 2.56. The molecular weight excluding hydrogens is 392 g/mol. The quantitative estimate of drug-likeness (QED) is 0.540. The molecule has 0 saturated heterocycles. The van der Waals surface area contributed by atoms with E-state index in [1.165, 1.54) is 12.1 Å². The van der Waals surface area contributed by atoms with E-state index in [0.29, 0.717) is 11.5 Å². The number of aromatic nitrogens is 3. The summed E-state index contributed by atoms with van der Waals surface area (Å²) in [6.07, 6.45) is 3.53. The van der Waals surface area contributed by atoms with Crippen LogP contribution in [0.3, 0.4) is 0 Å². The molecule has 0 bridgehead atoms. The molecule has 0 unspecified atom stereocenters. The first-order chi connectivity index (χ1) is 13.8. The fraction of sp³-hybridized carbons (Fsp3) is 0.200. The molecule has 2 N–H and O–H groups in total. The highest BCUT2D eigenvalue weighted by Gasteiger charge is 2.18. The van der Waals surface area contributed by atoms with E-state index >= 15 is 0 Å². The van der Waals surface area contributed by atoms with E-state index in [2.05, 4.69) is 10.1 Å². The van der Waals surface area contributed by atoms with Gasteiger partial charge in [-0.05, 0) is 30.7 Å². The molecule has 29 heavy (non-hydrogen) atoms. The Bertz CT molecular complexity index is 1310. The molecule has 150 valence electrons. The molecule has 0 aliphatic rings. The van der Waals surface area contributed by atoms with Crippen molar-refractivity contribution in [3.63, 3.8) is 0 Å². The summed E-state index contributed by atoms with van der Waals surface area (Å²) < 4.78 is 35.7. The summed E-state index contributed by atoms with van der Waals surface area (Å²) in [7, 11) is -0.563. The molecule has 4 rings (SSSR count). The Hall–Kier alpha value is -3.17. The Labute approximate surface area is 167 Å². The van der Waals surface area contributed by atoms with Gasteiger partial charge >= 0.3 is 0 Å². The summed E-state index contributed by atoms with van der Waals surface area (Å²) >= 11 is 0. The molecule has 4 aromatic rings. The monoisotopic (exact) mass is 412 g/mol. The van der Waals surface area contributed by atoms with Gasteiger partial charge in [-0.3, -0.25) is 9.67 Å². The lowest BCUT2D eigenvalue weighted by molar-refractivity contribution is 0.356. The van der Waals surface area contributed by atoms with Crippen molar-refractivity contribution < 1.29 is 17.9 Å². The van der Waals surface area contributed by atoms with Crippen molar-refractivity contribution in [2.24, 2.45) is 5.14 Å². The number of pyridine rings is 1. The molecule has 2 aromatic heterocycles. The van der Waals surface area contributed by atoms with Crippen LogP contribution in [0, 0.1) is 0 Å². The number of methoxy groups -OCH3 is 2. The van der Waals surface area contributed by atoms with Crippen molar-refractivity contribution in [3.05, 3.63) is 54.4 Å². The molecule has 0 amide bonds. The number of hydrogen-bond donors (Lipinski definition) is 1. The van der Waals surface area contributed by atoms with Gasteiger partial charge in [0.2, 0.25) is 10.0 Å². The lowest BCUT2D eigenvalue weighted by Gasteiger charge is -2.16. The molecule has 2 aromatic carbocycles. The van der Waals surface area contributed by atoms with E-state index in [1.807, 2.05) is 23.7 Å². The predicted molar refractivity (Wildman–Crippen MR) is 110 cm³/mol. The minimum atomic E-state index is -3.73. The summed E-state index contributed by atoms with van der Waals surface area (Å²) in [6, 6.07) is 10.0. The van der Waals surface area contributed by atoms with Crippen LogP contribution in [-0.2, 0) is 10.0 Å². The fourth-order valence-corrected chi connectivity index (χ4v) is 3.94. The second-order valence-electron chi connectivity index (χ2n) is 6.67. The standard InChI is InChI=1S/C20H20N4O4S/c1-12(13-4-6-15(7-5-13)29(21,25)26)24-20-14(11-23-24)10-22-17-9-19(28-3)18(27-2)8-16(17)20/h4-12H,1-3H3,(H2,21,25,26)/t12-/m1/s1. The molecule has 0 spiro atoms. The number of benzene rings is 2. The summed E-state index contributed by atoms with van der Waals surface area (Å²) in [5, 5.41) is 11.5. The van der Waals surface area contributed by atoms with E-state index in [-0.39, 0.29) is 10.9 Å². The number of nitrogens with two attached hydrogens (primary N) is 1. The molecule has 9 heteroatoms. The first-order valence-electron chi connectivity index (χ1n) is 8.84. The van der Waals surface area contributed by atoms with E-state index in [1.54, 1.807) is 38.7 Å². The van der Waals surface area contributed by atoms with Gasteiger partial charge < -0.3 is 9.47 Å².